The second kappa shape index (κ2) is 4.52. The zero-order valence-corrected chi connectivity index (χ0v) is 9.17. The summed E-state index contributed by atoms with van der Waals surface area (Å²) in [5.41, 5.74) is 4.69. The Balaban J connectivity index is 2.10. The molecule has 0 aliphatic heterocycles. The number of pyridine rings is 1. The molecule has 1 unspecified atom stereocenters. The van der Waals surface area contributed by atoms with Gasteiger partial charge >= 0.3 is 6.18 Å². The van der Waals surface area contributed by atoms with Gasteiger partial charge in [0.25, 0.3) is 0 Å². The molecule has 0 spiro atoms. The molecule has 3 nitrogen and oxygen atoms in total. The smallest absolute Gasteiger partial charge is 0.366 e. The quantitative estimate of drug-likeness (QED) is 0.855. The topological polar surface area (TPSA) is 50.9 Å². The molecule has 1 fully saturated rings. The molecule has 1 aromatic rings. The van der Waals surface area contributed by atoms with Crippen molar-refractivity contribution in [3.63, 3.8) is 0 Å². The van der Waals surface area contributed by atoms with Crippen molar-refractivity contribution < 1.29 is 13.2 Å². The van der Waals surface area contributed by atoms with Crippen molar-refractivity contribution in [2.24, 2.45) is 11.7 Å². The fraction of sp³-hybridized carbons (Fsp3) is 0.545. The predicted molar refractivity (Wildman–Crippen MR) is 58.4 cm³/mol. The first-order valence-electron chi connectivity index (χ1n) is 5.51. The van der Waals surface area contributed by atoms with E-state index in [1.807, 2.05) is 0 Å². The van der Waals surface area contributed by atoms with Gasteiger partial charge in [0.2, 0.25) is 0 Å². The summed E-state index contributed by atoms with van der Waals surface area (Å²) in [4.78, 5) is 3.55. The van der Waals surface area contributed by atoms with Crippen LogP contribution in [0.3, 0.4) is 0 Å². The molecule has 1 aliphatic carbocycles. The van der Waals surface area contributed by atoms with E-state index < -0.39 is 11.9 Å². The van der Waals surface area contributed by atoms with Gasteiger partial charge in [-0.1, -0.05) is 6.07 Å². The highest BCUT2D eigenvalue weighted by Gasteiger charge is 2.33. The van der Waals surface area contributed by atoms with Gasteiger partial charge in [0.15, 0.2) is 0 Å². The van der Waals surface area contributed by atoms with Crippen LogP contribution in [-0.2, 0) is 6.18 Å². The van der Waals surface area contributed by atoms with E-state index in [1.165, 1.54) is 12.1 Å². The summed E-state index contributed by atoms with van der Waals surface area (Å²) in [5, 5.41) is 2.97. The normalized spacial score (nSPS) is 17.9. The number of nitrogens with two attached hydrogens (primary N) is 1. The Morgan fingerprint density at radius 2 is 2.12 bits per heavy atom. The van der Waals surface area contributed by atoms with Crippen molar-refractivity contribution >= 4 is 5.82 Å². The molecule has 0 radical (unpaired) electrons. The average Bonchev–Trinajstić information content (AvgIpc) is 3.09. The second-order valence-corrected chi connectivity index (χ2v) is 4.23. The van der Waals surface area contributed by atoms with Crippen LogP contribution in [0.5, 0.6) is 0 Å². The first-order valence-corrected chi connectivity index (χ1v) is 5.51. The zero-order valence-electron chi connectivity index (χ0n) is 9.17. The van der Waals surface area contributed by atoms with Crippen LogP contribution >= 0.6 is 0 Å². The van der Waals surface area contributed by atoms with Gasteiger partial charge in [0, 0.05) is 12.6 Å². The molecule has 0 saturated heterocycles. The number of rotatable bonds is 4. The fourth-order valence-corrected chi connectivity index (χ4v) is 1.73. The molecule has 1 heterocycles. The maximum atomic E-state index is 12.4. The number of hydrogen-bond donors (Lipinski definition) is 2. The van der Waals surface area contributed by atoms with Crippen LogP contribution in [-0.4, -0.2) is 17.6 Å². The molecule has 17 heavy (non-hydrogen) atoms. The van der Waals surface area contributed by atoms with E-state index in [9.17, 15) is 13.2 Å². The monoisotopic (exact) mass is 245 g/mol. The van der Waals surface area contributed by atoms with Crippen molar-refractivity contribution in [3.8, 4) is 0 Å². The molecular formula is C11H14F3N3. The Labute approximate surface area is 97.2 Å². The van der Waals surface area contributed by atoms with Gasteiger partial charge in [0.05, 0.1) is 0 Å². The number of aromatic nitrogens is 1. The SMILES string of the molecule is NCC(Nc1cccc(C(F)(F)F)n1)C1CC1. The number of nitrogens with zero attached hydrogens (tertiary/aromatic N) is 1. The molecule has 0 bridgehead atoms. The molecule has 2 rings (SSSR count). The average molecular weight is 245 g/mol. The predicted octanol–water partition coefficient (Wildman–Crippen LogP) is 2.25. The van der Waals surface area contributed by atoms with Crippen molar-refractivity contribution in [1.29, 1.82) is 0 Å². The van der Waals surface area contributed by atoms with Gasteiger partial charge in [0.1, 0.15) is 11.5 Å². The summed E-state index contributed by atoms with van der Waals surface area (Å²) in [6, 6.07) is 3.85. The third-order valence-corrected chi connectivity index (χ3v) is 2.82. The van der Waals surface area contributed by atoms with Crippen LogP contribution in [0.15, 0.2) is 18.2 Å². The van der Waals surface area contributed by atoms with Crippen LogP contribution in [0.25, 0.3) is 0 Å². The Hall–Kier alpha value is -1.30. The standard InChI is InChI=1S/C11H14F3N3/c12-11(13,14)9-2-1-3-10(17-9)16-8(6-15)7-4-5-7/h1-3,7-8H,4-6,15H2,(H,16,17). The lowest BCUT2D eigenvalue weighted by Gasteiger charge is -2.17. The molecule has 1 saturated carbocycles. The van der Waals surface area contributed by atoms with E-state index in [0.29, 0.717) is 12.5 Å². The Kier molecular flexibility index (Phi) is 3.24. The van der Waals surface area contributed by atoms with Gasteiger partial charge < -0.3 is 11.1 Å². The summed E-state index contributed by atoms with van der Waals surface area (Å²) in [7, 11) is 0. The fourth-order valence-electron chi connectivity index (χ4n) is 1.73. The second-order valence-electron chi connectivity index (χ2n) is 4.23. The highest BCUT2D eigenvalue weighted by molar-refractivity contribution is 5.37. The molecule has 1 atom stereocenters. The van der Waals surface area contributed by atoms with Crippen molar-refractivity contribution in [2.45, 2.75) is 25.1 Å². The maximum absolute atomic E-state index is 12.4. The molecule has 1 aromatic heterocycles. The zero-order chi connectivity index (χ0) is 12.5. The largest absolute Gasteiger partial charge is 0.433 e. The van der Waals surface area contributed by atoms with Gasteiger partial charge in [-0.3, -0.25) is 0 Å². The Morgan fingerprint density at radius 1 is 1.41 bits per heavy atom. The van der Waals surface area contributed by atoms with Gasteiger partial charge in [-0.2, -0.15) is 13.2 Å². The van der Waals surface area contributed by atoms with Crippen molar-refractivity contribution in [1.82, 2.24) is 4.98 Å². The highest BCUT2D eigenvalue weighted by atomic mass is 19.4. The minimum absolute atomic E-state index is 0.0194. The minimum atomic E-state index is -4.41. The summed E-state index contributed by atoms with van der Waals surface area (Å²) in [6.45, 7) is 0.405. The van der Waals surface area contributed by atoms with Gasteiger partial charge in [-0.15, -0.1) is 0 Å². The Bertz CT molecular complexity index is 388. The van der Waals surface area contributed by atoms with Crippen LogP contribution in [0.2, 0.25) is 0 Å². The highest BCUT2D eigenvalue weighted by Crippen LogP contribution is 2.34. The van der Waals surface area contributed by atoms with Crippen molar-refractivity contribution in [3.05, 3.63) is 23.9 Å². The Morgan fingerprint density at radius 3 is 2.65 bits per heavy atom. The minimum Gasteiger partial charge on any atom is -0.366 e. The lowest BCUT2D eigenvalue weighted by molar-refractivity contribution is -0.141. The number of nitrogens with one attached hydrogen (secondary N) is 1. The third-order valence-electron chi connectivity index (χ3n) is 2.82. The van der Waals surface area contributed by atoms with Crippen LogP contribution in [0.4, 0.5) is 19.0 Å². The van der Waals surface area contributed by atoms with E-state index in [-0.39, 0.29) is 11.9 Å². The molecule has 0 aromatic carbocycles. The number of halogens is 3. The number of anilines is 1. The molecule has 94 valence electrons. The van der Waals surface area contributed by atoms with E-state index in [2.05, 4.69) is 10.3 Å². The van der Waals surface area contributed by atoms with Crippen LogP contribution in [0, 0.1) is 5.92 Å². The van der Waals surface area contributed by atoms with Crippen LogP contribution in [0.1, 0.15) is 18.5 Å². The van der Waals surface area contributed by atoms with Gasteiger partial charge in [-0.05, 0) is 30.9 Å². The molecular weight excluding hydrogens is 231 g/mol. The van der Waals surface area contributed by atoms with E-state index >= 15 is 0 Å². The lowest BCUT2D eigenvalue weighted by Crippen LogP contribution is -2.31. The maximum Gasteiger partial charge on any atom is 0.433 e. The third kappa shape index (κ3) is 3.09. The van der Waals surface area contributed by atoms with E-state index in [0.717, 1.165) is 18.9 Å². The number of alkyl halides is 3. The first kappa shape index (κ1) is 12.2. The van der Waals surface area contributed by atoms with Gasteiger partial charge in [-0.25, -0.2) is 4.98 Å². The molecule has 1 aliphatic rings. The summed E-state index contributed by atoms with van der Waals surface area (Å²) in [5.74, 6) is 0.707. The van der Waals surface area contributed by atoms with Crippen LogP contribution < -0.4 is 11.1 Å². The van der Waals surface area contributed by atoms with Crippen molar-refractivity contribution in [2.75, 3.05) is 11.9 Å². The van der Waals surface area contributed by atoms with E-state index in [1.54, 1.807) is 0 Å². The summed E-state index contributed by atoms with van der Waals surface area (Å²) >= 11 is 0. The number of hydrogen-bond acceptors (Lipinski definition) is 3. The molecule has 6 heteroatoms. The first-order chi connectivity index (χ1) is 8.00. The molecule has 0 amide bonds. The molecule has 3 N–H and O–H groups in total. The summed E-state index contributed by atoms with van der Waals surface area (Å²) in [6.07, 6.45) is -2.25. The lowest BCUT2D eigenvalue weighted by atomic mass is 10.2. The van der Waals surface area contributed by atoms with E-state index in [4.69, 9.17) is 5.73 Å². The summed E-state index contributed by atoms with van der Waals surface area (Å²) < 4.78 is 37.3.